The van der Waals surface area contributed by atoms with Gasteiger partial charge in [-0.1, -0.05) is 17.7 Å². The molecule has 4 nitrogen and oxygen atoms in total. The van der Waals surface area contributed by atoms with Crippen molar-refractivity contribution in [2.45, 2.75) is 33.8 Å². The second-order valence-corrected chi connectivity index (χ2v) is 6.75. The van der Waals surface area contributed by atoms with Crippen LogP contribution in [0.15, 0.2) is 12.1 Å². The van der Waals surface area contributed by atoms with Gasteiger partial charge in [0.05, 0.1) is 6.54 Å². The third-order valence-electron chi connectivity index (χ3n) is 4.71. The van der Waals surface area contributed by atoms with E-state index in [1.807, 2.05) is 0 Å². The van der Waals surface area contributed by atoms with E-state index in [0.29, 0.717) is 6.61 Å². The van der Waals surface area contributed by atoms with Crippen molar-refractivity contribution in [1.29, 1.82) is 0 Å². The lowest BCUT2D eigenvalue weighted by atomic mass is 10.1. The molecule has 1 aromatic rings. The predicted molar refractivity (Wildman–Crippen MR) is 89.0 cm³/mol. The second-order valence-electron chi connectivity index (χ2n) is 6.75. The first-order chi connectivity index (χ1) is 10.5. The molecule has 0 bridgehead atoms. The fourth-order valence-corrected chi connectivity index (χ4v) is 3.48. The first-order valence-corrected chi connectivity index (χ1v) is 8.55. The van der Waals surface area contributed by atoms with Gasteiger partial charge in [0.2, 0.25) is 0 Å². The lowest BCUT2D eigenvalue weighted by Gasteiger charge is -2.30. The van der Waals surface area contributed by atoms with Crippen molar-refractivity contribution in [2.24, 2.45) is 0 Å². The molecular formula is C18H32N2O2+2. The summed E-state index contributed by atoms with van der Waals surface area (Å²) < 4.78 is 5.90. The molecule has 0 saturated carbocycles. The molecule has 1 aliphatic heterocycles. The van der Waals surface area contributed by atoms with E-state index < -0.39 is 6.10 Å². The third-order valence-corrected chi connectivity index (χ3v) is 4.71. The Morgan fingerprint density at radius 1 is 1.05 bits per heavy atom. The van der Waals surface area contributed by atoms with Gasteiger partial charge in [0, 0.05) is 0 Å². The van der Waals surface area contributed by atoms with Gasteiger partial charge in [-0.15, -0.1) is 0 Å². The monoisotopic (exact) mass is 308 g/mol. The number of quaternary nitrogens is 2. The molecule has 0 spiro atoms. The molecule has 4 heteroatoms. The zero-order chi connectivity index (χ0) is 16.1. The van der Waals surface area contributed by atoms with Crippen molar-refractivity contribution in [3.8, 4) is 5.75 Å². The van der Waals surface area contributed by atoms with Gasteiger partial charge in [-0.2, -0.15) is 0 Å². The summed E-state index contributed by atoms with van der Waals surface area (Å²) in [5.41, 5.74) is 3.55. The Kier molecular flexibility index (Phi) is 6.24. The normalized spacial score (nSPS) is 23.3. The highest BCUT2D eigenvalue weighted by Crippen LogP contribution is 2.24. The van der Waals surface area contributed by atoms with Crippen LogP contribution >= 0.6 is 0 Å². The topological polar surface area (TPSA) is 38.3 Å². The van der Waals surface area contributed by atoms with Gasteiger partial charge < -0.3 is 19.6 Å². The van der Waals surface area contributed by atoms with Crippen LogP contribution in [0.5, 0.6) is 5.75 Å². The minimum atomic E-state index is -0.390. The van der Waals surface area contributed by atoms with Crippen molar-refractivity contribution < 1.29 is 19.6 Å². The molecule has 1 atom stereocenters. The highest BCUT2D eigenvalue weighted by Gasteiger charge is 2.24. The molecule has 0 unspecified atom stereocenters. The van der Waals surface area contributed by atoms with Crippen molar-refractivity contribution in [1.82, 2.24) is 0 Å². The SMILES string of the molecule is CC[NH+]1CC[NH+](C[C@H](O)COc2c(C)cc(C)cc2C)CC1. The zero-order valence-corrected chi connectivity index (χ0v) is 14.5. The van der Waals surface area contributed by atoms with E-state index in [1.54, 1.807) is 4.90 Å². The number of ether oxygens (including phenoxy) is 1. The fraction of sp³-hybridized carbons (Fsp3) is 0.667. The lowest BCUT2D eigenvalue weighted by molar-refractivity contribution is -1.01. The second kappa shape index (κ2) is 7.95. The standard InChI is InChI=1S/C18H30N2O2/c1-5-19-6-8-20(9-7-19)12-17(21)13-22-18-15(3)10-14(2)11-16(18)4/h10-11,17,21H,5-9,12-13H2,1-4H3/p+2/t17-/m0/s1. The van der Waals surface area contributed by atoms with E-state index in [2.05, 4.69) is 39.8 Å². The summed E-state index contributed by atoms with van der Waals surface area (Å²) in [4.78, 5) is 3.19. The quantitative estimate of drug-likeness (QED) is 0.641. The minimum absolute atomic E-state index is 0.387. The van der Waals surface area contributed by atoms with Crippen molar-refractivity contribution in [3.05, 3.63) is 28.8 Å². The molecule has 0 aliphatic carbocycles. The van der Waals surface area contributed by atoms with Gasteiger partial charge in [-0.05, 0) is 38.8 Å². The summed E-state index contributed by atoms with van der Waals surface area (Å²) >= 11 is 0. The average Bonchev–Trinajstić information content (AvgIpc) is 2.47. The van der Waals surface area contributed by atoms with Gasteiger partial charge >= 0.3 is 0 Å². The van der Waals surface area contributed by atoms with Crippen molar-refractivity contribution in [3.63, 3.8) is 0 Å². The van der Waals surface area contributed by atoms with E-state index in [1.165, 1.54) is 30.1 Å². The minimum Gasteiger partial charge on any atom is -0.490 e. The third kappa shape index (κ3) is 4.70. The lowest BCUT2D eigenvalue weighted by Crippen LogP contribution is -3.28. The number of hydrogen-bond acceptors (Lipinski definition) is 2. The highest BCUT2D eigenvalue weighted by atomic mass is 16.5. The maximum Gasteiger partial charge on any atom is 0.137 e. The average molecular weight is 308 g/mol. The van der Waals surface area contributed by atoms with Gasteiger partial charge in [0.1, 0.15) is 51.2 Å². The number of nitrogens with one attached hydrogen (secondary N) is 2. The molecule has 2 rings (SSSR count). The van der Waals surface area contributed by atoms with Gasteiger partial charge in [-0.25, -0.2) is 0 Å². The summed E-state index contributed by atoms with van der Waals surface area (Å²) in [5.74, 6) is 0.930. The van der Waals surface area contributed by atoms with Crippen LogP contribution in [0.3, 0.4) is 0 Å². The molecule has 1 heterocycles. The Bertz CT molecular complexity index is 459. The number of aryl methyl sites for hydroxylation is 3. The van der Waals surface area contributed by atoms with Crippen LogP contribution in [0.2, 0.25) is 0 Å². The summed E-state index contributed by atoms with van der Waals surface area (Å²) in [5, 5.41) is 10.3. The van der Waals surface area contributed by atoms with Crippen LogP contribution < -0.4 is 14.5 Å². The summed E-state index contributed by atoms with van der Waals surface area (Å²) in [6.07, 6.45) is -0.390. The van der Waals surface area contributed by atoms with Crippen LogP contribution in [-0.2, 0) is 0 Å². The number of piperazine rings is 1. The predicted octanol–water partition coefficient (Wildman–Crippen LogP) is -0.845. The Balaban J connectivity index is 1.80. The van der Waals surface area contributed by atoms with Crippen LogP contribution in [0, 0.1) is 20.8 Å². The number of aliphatic hydroxyl groups is 1. The number of rotatable bonds is 6. The molecule has 124 valence electrons. The number of hydrogen-bond donors (Lipinski definition) is 3. The molecule has 1 saturated heterocycles. The van der Waals surface area contributed by atoms with E-state index >= 15 is 0 Å². The Morgan fingerprint density at radius 3 is 2.14 bits per heavy atom. The zero-order valence-electron chi connectivity index (χ0n) is 14.5. The molecule has 1 fully saturated rings. The van der Waals surface area contributed by atoms with Crippen molar-refractivity contribution >= 4 is 0 Å². The van der Waals surface area contributed by atoms with E-state index in [4.69, 9.17) is 4.74 Å². The van der Waals surface area contributed by atoms with Gasteiger partial charge in [0.15, 0.2) is 0 Å². The smallest absolute Gasteiger partial charge is 0.137 e. The molecule has 22 heavy (non-hydrogen) atoms. The molecule has 0 amide bonds. The first-order valence-electron chi connectivity index (χ1n) is 8.55. The van der Waals surface area contributed by atoms with Crippen molar-refractivity contribution in [2.75, 3.05) is 45.9 Å². The summed E-state index contributed by atoms with van der Waals surface area (Å²) in [6.45, 7) is 15.6. The summed E-state index contributed by atoms with van der Waals surface area (Å²) in [6, 6.07) is 4.26. The highest BCUT2D eigenvalue weighted by molar-refractivity contribution is 5.42. The molecular weight excluding hydrogens is 276 g/mol. The van der Waals surface area contributed by atoms with Crippen LogP contribution in [0.4, 0.5) is 0 Å². The molecule has 3 N–H and O–H groups in total. The number of benzene rings is 1. The van der Waals surface area contributed by atoms with Crippen LogP contribution in [0.25, 0.3) is 0 Å². The molecule has 0 radical (unpaired) electrons. The maximum absolute atomic E-state index is 10.3. The molecule has 1 aromatic carbocycles. The number of aliphatic hydroxyl groups excluding tert-OH is 1. The summed E-state index contributed by atoms with van der Waals surface area (Å²) in [7, 11) is 0. The van der Waals surface area contributed by atoms with Crippen LogP contribution in [-0.4, -0.2) is 57.1 Å². The molecule has 1 aliphatic rings. The first kappa shape index (κ1) is 17.3. The van der Waals surface area contributed by atoms with E-state index in [0.717, 1.165) is 36.5 Å². The van der Waals surface area contributed by atoms with Gasteiger partial charge in [0.25, 0.3) is 0 Å². The largest absolute Gasteiger partial charge is 0.490 e. The van der Waals surface area contributed by atoms with Gasteiger partial charge in [-0.3, -0.25) is 0 Å². The Labute approximate surface area is 134 Å². The van der Waals surface area contributed by atoms with E-state index in [9.17, 15) is 5.11 Å². The van der Waals surface area contributed by atoms with E-state index in [-0.39, 0.29) is 0 Å². The Hall–Kier alpha value is -1.10. The number of likely N-dealkylation sites (N-methyl/N-ethyl adjacent to an activating group) is 1. The van der Waals surface area contributed by atoms with Crippen LogP contribution in [0.1, 0.15) is 23.6 Å². The fourth-order valence-electron chi connectivity index (χ4n) is 3.48. The molecule has 0 aromatic heterocycles. The maximum atomic E-state index is 10.3. The Morgan fingerprint density at radius 2 is 1.59 bits per heavy atom.